The van der Waals surface area contributed by atoms with E-state index in [2.05, 4.69) is 0 Å². The first-order valence-corrected chi connectivity index (χ1v) is 5.74. The Hall–Kier alpha value is -1.66. The molecule has 1 aromatic rings. The Balaban J connectivity index is 2.97. The number of halogens is 1. The first kappa shape index (κ1) is 14.4. The summed E-state index contributed by atoms with van der Waals surface area (Å²) in [4.78, 5) is 23.6. The van der Waals surface area contributed by atoms with E-state index in [1.54, 1.807) is 7.05 Å². The predicted molar refractivity (Wildman–Crippen MR) is 68.7 cm³/mol. The van der Waals surface area contributed by atoms with E-state index in [4.69, 9.17) is 17.3 Å². The van der Waals surface area contributed by atoms with Gasteiger partial charge in [-0.3, -0.25) is 14.9 Å². The van der Waals surface area contributed by atoms with Crippen LogP contribution in [0.15, 0.2) is 18.2 Å². The molecule has 0 radical (unpaired) electrons. The molecule has 0 aliphatic rings. The highest BCUT2D eigenvalue weighted by molar-refractivity contribution is 6.33. The van der Waals surface area contributed by atoms with Crippen LogP contribution in [0.4, 0.5) is 5.69 Å². The van der Waals surface area contributed by atoms with Gasteiger partial charge in [0.2, 0.25) is 0 Å². The average Bonchev–Trinajstić information content (AvgIpc) is 2.35. The van der Waals surface area contributed by atoms with Gasteiger partial charge in [-0.25, -0.2) is 0 Å². The number of nitro groups is 1. The van der Waals surface area contributed by atoms with Crippen molar-refractivity contribution in [3.8, 4) is 0 Å². The smallest absolute Gasteiger partial charge is 0.270 e. The zero-order valence-electron chi connectivity index (χ0n) is 9.93. The van der Waals surface area contributed by atoms with Gasteiger partial charge < -0.3 is 10.6 Å². The fraction of sp³-hybridized carbons (Fsp3) is 0.364. The molecular formula is C11H14ClN3O3. The Morgan fingerprint density at radius 2 is 2.22 bits per heavy atom. The Kier molecular flexibility index (Phi) is 5.06. The van der Waals surface area contributed by atoms with Crippen LogP contribution < -0.4 is 5.73 Å². The van der Waals surface area contributed by atoms with Gasteiger partial charge in [-0.1, -0.05) is 11.6 Å². The highest BCUT2D eigenvalue weighted by Gasteiger charge is 2.18. The lowest BCUT2D eigenvalue weighted by molar-refractivity contribution is -0.384. The number of nitrogens with zero attached hydrogens (tertiary/aromatic N) is 2. The van der Waals surface area contributed by atoms with Crippen LogP contribution in [0.2, 0.25) is 5.02 Å². The van der Waals surface area contributed by atoms with Crippen LogP contribution in [0.1, 0.15) is 16.8 Å². The fourth-order valence-electron chi connectivity index (χ4n) is 1.43. The normalized spacial score (nSPS) is 10.2. The van der Waals surface area contributed by atoms with Gasteiger partial charge in [0.25, 0.3) is 11.6 Å². The van der Waals surface area contributed by atoms with Crippen molar-refractivity contribution < 1.29 is 9.72 Å². The summed E-state index contributed by atoms with van der Waals surface area (Å²) in [6.45, 7) is 0.953. The summed E-state index contributed by atoms with van der Waals surface area (Å²) in [5.41, 5.74) is 5.33. The third-order valence-corrected chi connectivity index (χ3v) is 2.77. The molecule has 0 heterocycles. The molecule has 0 atom stereocenters. The SMILES string of the molecule is CN(CCCN)C(=O)c1cc([N+](=O)[O-])ccc1Cl. The molecule has 1 rings (SSSR count). The average molecular weight is 272 g/mol. The molecule has 0 fully saturated rings. The van der Waals surface area contributed by atoms with E-state index in [-0.39, 0.29) is 22.2 Å². The van der Waals surface area contributed by atoms with E-state index in [0.29, 0.717) is 19.5 Å². The molecule has 1 amide bonds. The number of carbonyl (C=O) groups excluding carboxylic acids is 1. The lowest BCUT2D eigenvalue weighted by Crippen LogP contribution is -2.29. The topological polar surface area (TPSA) is 89.5 Å². The van der Waals surface area contributed by atoms with Gasteiger partial charge in [0.1, 0.15) is 0 Å². The number of rotatable bonds is 5. The molecule has 0 spiro atoms. The maximum Gasteiger partial charge on any atom is 0.270 e. The number of hydrogen-bond donors (Lipinski definition) is 1. The highest BCUT2D eigenvalue weighted by atomic mass is 35.5. The van der Waals surface area contributed by atoms with Gasteiger partial charge in [0.05, 0.1) is 15.5 Å². The van der Waals surface area contributed by atoms with Gasteiger partial charge in [-0.2, -0.15) is 0 Å². The fourth-order valence-corrected chi connectivity index (χ4v) is 1.62. The van der Waals surface area contributed by atoms with Crippen molar-refractivity contribution in [2.24, 2.45) is 5.73 Å². The number of non-ortho nitro benzene ring substituents is 1. The number of amides is 1. The molecule has 6 nitrogen and oxygen atoms in total. The maximum atomic E-state index is 12.0. The van der Waals surface area contributed by atoms with Gasteiger partial charge in [-0.15, -0.1) is 0 Å². The van der Waals surface area contributed by atoms with Crippen LogP contribution in [-0.2, 0) is 0 Å². The first-order chi connectivity index (χ1) is 8.47. The van der Waals surface area contributed by atoms with E-state index in [0.717, 1.165) is 0 Å². The summed E-state index contributed by atoms with van der Waals surface area (Å²) in [5, 5.41) is 10.8. The van der Waals surface area contributed by atoms with Crippen LogP contribution in [0.3, 0.4) is 0 Å². The number of carbonyl (C=O) groups is 1. The summed E-state index contributed by atoms with van der Waals surface area (Å²) in [6.07, 6.45) is 0.661. The van der Waals surface area contributed by atoms with E-state index in [1.807, 2.05) is 0 Å². The third kappa shape index (κ3) is 3.41. The largest absolute Gasteiger partial charge is 0.342 e. The Morgan fingerprint density at radius 3 is 2.78 bits per heavy atom. The van der Waals surface area contributed by atoms with E-state index in [9.17, 15) is 14.9 Å². The predicted octanol–water partition coefficient (Wildman–Crippen LogP) is 1.67. The summed E-state index contributed by atoms with van der Waals surface area (Å²) < 4.78 is 0. The van der Waals surface area contributed by atoms with Crippen LogP contribution >= 0.6 is 11.6 Å². The minimum atomic E-state index is -0.563. The molecule has 7 heteroatoms. The molecule has 0 saturated carbocycles. The van der Waals surface area contributed by atoms with Gasteiger partial charge in [-0.05, 0) is 19.0 Å². The monoisotopic (exact) mass is 271 g/mol. The highest BCUT2D eigenvalue weighted by Crippen LogP contribution is 2.23. The number of nitro benzene ring substituents is 1. The summed E-state index contributed by atoms with van der Waals surface area (Å²) in [6, 6.07) is 3.80. The van der Waals surface area contributed by atoms with Crippen molar-refractivity contribution in [3.05, 3.63) is 38.9 Å². The molecule has 0 bridgehead atoms. The quantitative estimate of drug-likeness (QED) is 0.651. The minimum Gasteiger partial charge on any atom is -0.342 e. The van der Waals surface area contributed by atoms with Gasteiger partial charge >= 0.3 is 0 Å². The minimum absolute atomic E-state index is 0.130. The molecule has 0 unspecified atom stereocenters. The lowest BCUT2D eigenvalue weighted by atomic mass is 10.1. The maximum absolute atomic E-state index is 12.0. The van der Waals surface area contributed by atoms with Gasteiger partial charge in [0, 0.05) is 25.7 Å². The van der Waals surface area contributed by atoms with Crippen molar-refractivity contribution in [2.75, 3.05) is 20.1 Å². The molecular weight excluding hydrogens is 258 g/mol. The van der Waals surface area contributed by atoms with Crippen molar-refractivity contribution in [1.29, 1.82) is 0 Å². The van der Waals surface area contributed by atoms with Crippen molar-refractivity contribution in [2.45, 2.75) is 6.42 Å². The Bertz CT molecular complexity index is 465. The Labute approximate surface area is 109 Å². The van der Waals surface area contributed by atoms with Crippen LogP contribution in [-0.4, -0.2) is 35.9 Å². The summed E-state index contributed by atoms with van der Waals surface area (Å²) in [5.74, 6) is -0.350. The molecule has 0 saturated heterocycles. The van der Waals surface area contributed by atoms with Crippen molar-refractivity contribution in [3.63, 3.8) is 0 Å². The zero-order chi connectivity index (χ0) is 13.7. The molecule has 0 aliphatic heterocycles. The standard InChI is InChI=1S/C11H14ClN3O3/c1-14(6-2-5-13)11(16)9-7-8(15(17)18)3-4-10(9)12/h3-4,7H,2,5-6,13H2,1H3. The second kappa shape index (κ2) is 6.32. The van der Waals surface area contributed by atoms with Crippen LogP contribution in [0.25, 0.3) is 0 Å². The molecule has 0 aliphatic carbocycles. The van der Waals surface area contributed by atoms with Crippen molar-refractivity contribution in [1.82, 2.24) is 4.90 Å². The second-order valence-corrected chi connectivity index (χ2v) is 4.20. The van der Waals surface area contributed by atoms with Crippen LogP contribution in [0.5, 0.6) is 0 Å². The third-order valence-electron chi connectivity index (χ3n) is 2.44. The van der Waals surface area contributed by atoms with Gasteiger partial charge in [0.15, 0.2) is 0 Å². The molecule has 18 heavy (non-hydrogen) atoms. The molecule has 2 N–H and O–H groups in total. The molecule has 0 aromatic heterocycles. The summed E-state index contributed by atoms with van der Waals surface area (Å²) in [7, 11) is 1.60. The van der Waals surface area contributed by atoms with E-state index in [1.165, 1.54) is 23.1 Å². The van der Waals surface area contributed by atoms with Crippen molar-refractivity contribution >= 4 is 23.2 Å². The molecule has 1 aromatic carbocycles. The first-order valence-electron chi connectivity index (χ1n) is 5.37. The van der Waals surface area contributed by atoms with E-state index < -0.39 is 4.92 Å². The summed E-state index contributed by atoms with van der Waals surface area (Å²) >= 11 is 5.88. The Morgan fingerprint density at radius 1 is 1.56 bits per heavy atom. The van der Waals surface area contributed by atoms with Crippen LogP contribution in [0, 0.1) is 10.1 Å². The zero-order valence-corrected chi connectivity index (χ0v) is 10.7. The molecule has 98 valence electrons. The number of benzene rings is 1. The second-order valence-electron chi connectivity index (χ2n) is 3.79. The number of nitrogens with two attached hydrogens (primary N) is 1. The number of hydrogen-bond acceptors (Lipinski definition) is 4. The van der Waals surface area contributed by atoms with E-state index >= 15 is 0 Å². The lowest BCUT2D eigenvalue weighted by Gasteiger charge is -2.17.